The Morgan fingerprint density at radius 1 is 1.11 bits per heavy atom. The van der Waals surface area contributed by atoms with Gasteiger partial charge in [0.25, 0.3) is 0 Å². The van der Waals surface area contributed by atoms with Gasteiger partial charge in [-0.1, -0.05) is 0 Å². The van der Waals surface area contributed by atoms with Gasteiger partial charge in [-0.3, -0.25) is 0 Å². The maximum Gasteiger partial charge on any atom is 0.323 e. The van der Waals surface area contributed by atoms with E-state index in [4.69, 9.17) is 4.74 Å². The zero-order valence-electron chi connectivity index (χ0n) is 12.0. The minimum Gasteiger partial charge on any atom is -0.461 e. The topological polar surface area (TPSA) is 92.2 Å². The molecule has 0 saturated carbocycles. The van der Waals surface area contributed by atoms with Crippen LogP contribution in [-0.2, 0) is 0 Å². The molecule has 0 fully saturated rings. The third-order valence-corrected chi connectivity index (χ3v) is 2.14. The van der Waals surface area contributed by atoms with Crippen LogP contribution in [0.1, 0.15) is 34.1 Å². The number of hydrogen-bond acceptors (Lipinski definition) is 7. The molecule has 0 spiro atoms. The summed E-state index contributed by atoms with van der Waals surface area (Å²) in [7, 11) is 0. The summed E-state index contributed by atoms with van der Waals surface area (Å²) in [6.45, 7) is 8.85. The molecule has 1 rings (SSSR count). The summed E-state index contributed by atoms with van der Waals surface area (Å²) >= 11 is 0. The number of aromatic nitrogens is 3. The number of aliphatic hydroxyl groups excluding tert-OH is 1. The molecule has 7 nitrogen and oxygen atoms in total. The monoisotopic (exact) mass is 269 g/mol. The highest BCUT2D eigenvalue weighted by atomic mass is 16.5. The molecule has 1 unspecified atom stereocenters. The molecule has 0 saturated heterocycles. The fourth-order valence-electron chi connectivity index (χ4n) is 1.33. The average molecular weight is 269 g/mol. The number of rotatable bonds is 8. The Bertz CT molecular complexity index is 384. The standard InChI is InChI=1S/C12H23N5O2/c1-5-13-10-15-11(14-7-6-9(4)18)17-12(16-10)19-8(2)3/h8-9,18H,5-7H2,1-4H3,(H2,13,14,15,16,17). The minimum atomic E-state index is -0.353. The number of nitrogens with zero attached hydrogens (tertiary/aromatic N) is 3. The van der Waals surface area contributed by atoms with E-state index in [0.717, 1.165) is 6.54 Å². The molecule has 0 aliphatic carbocycles. The van der Waals surface area contributed by atoms with Crippen LogP contribution in [-0.4, -0.2) is 45.4 Å². The second-order valence-corrected chi connectivity index (χ2v) is 4.53. The Labute approximate surface area is 113 Å². The first-order valence-electron chi connectivity index (χ1n) is 6.59. The molecule has 0 radical (unpaired) electrons. The molecule has 1 atom stereocenters. The first kappa shape index (κ1) is 15.4. The van der Waals surface area contributed by atoms with E-state index in [1.807, 2.05) is 20.8 Å². The average Bonchev–Trinajstić information content (AvgIpc) is 2.27. The van der Waals surface area contributed by atoms with Gasteiger partial charge in [0.05, 0.1) is 12.2 Å². The van der Waals surface area contributed by atoms with E-state index in [2.05, 4.69) is 25.6 Å². The van der Waals surface area contributed by atoms with Crippen LogP contribution in [0.4, 0.5) is 11.9 Å². The van der Waals surface area contributed by atoms with Crippen LogP contribution in [0.3, 0.4) is 0 Å². The SMILES string of the molecule is CCNc1nc(NCCC(C)O)nc(OC(C)C)n1. The number of nitrogens with one attached hydrogen (secondary N) is 2. The van der Waals surface area contributed by atoms with E-state index >= 15 is 0 Å². The summed E-state index contributed by atoms with van der Waals surface area (Å²) in [6.07, 6.45) is 0.277. The van der Waals surface area contributed by atoms with Crippen LogP contribution in [0.2, 0.25) is 0 Å². The van der Waals surface area contributed by atoms with Crippen molar-refractivity contribution in [2.45, 2.75) is 46.3 Å². The quantitative estimate of drug-likeness (QED) is 0.654. The first-order valence-corrected chi connectivity index (χ1v) is 6.59. The molecule has 0 aliphatic heterocycles. The Morgan fingerprint density at radius 2 is 1.74 bits per heavy atom. The van der Waals surface area contributed by atoms with Crippen molar-refractivity contribution >= 4 is 11.9 Å². The van der Waals surface area contributed by atoms with Crippen molar-refractivity contribution in [1.29, 1.82) is 0 Å². The van der Waals surface area contributed by atoms with Gasteiger partial charge >= 0.3 is 6.01 Å². The van der Waals surface area contributed by atoms with Crippen molar-refractivity contribution in [3.05, 3.63) is 0 Å². The van der Waals surface area contributed by atoms with Gasteiger partial charge in [0.15, 0.2) is 0 Å². The van der Waals surface area contributed by atoms with E-state index in [1.54, 1.807) is 6.92 Å². The lowest BCUT2D eigenvalue weighted by molar-refractivity contribution is 0.188. The van der Waals surface area contributed by atoms with Gasteiger partial charge in [0.2, 0.25) is 11.9 Å². The molecular weight excluding hydrogens is 246 g/mol. The number of ether oxygens (including phenoxy) is 1. The normalized spacial score (nSPS) is 12.3. The largest absolute Gasteiger partial charge is 0.461 e. The van der Waals surface area contributed by atoms with Gasteiger partial charge in [-0.2, -0.15) is 15.0 Å². The molecule has 1 aromatic heterocycles. The van der Waals surface area contributed by atoms with E-state index in [9.17, 15) is 5.11 Å². The fraction of sp³-hybridized carbons (Fsp3) is 0.750. The van der Waals surface area contributed by atoms with Crippen LogP contribution in [0.25, 0.3) is 0 Å². The van der Waals surface area contributed by atoms with E-state index in [1.165, 1.54) is 0 Å². The lowest BCUT2D eigenvalue weighted by Crippen LogP contribution is -2.15. The van der Waals surface area contributed by atoms with E-state index < -0.39 is 0 Å². The molecule has 1 heterocycles. The van der Waals surface area contributed by atoms with Gasteiger partial charge in [0.1, 0.15) is 0 Å². The Kier molecular flexibility index (Phi) is 6.27. The molecule has 0 aromatic carbocycles. The maximum atomic E-state index is 9.21. The molecule has 3 N–H and O–H groups in total. The van der Waals surface area contributed by atoms with Crippen LogP contribution < -0.4 is 15.4 Å². The van der Waals surface area contributed by atoms with E-state index in [-0.39, 0.29) is 12.2 Å². The zero-order chi connectivity index (χ0) is 14.3. The van der Waals surface area contributed by atoms with Gasteiger partial charge in [0, 0.05) is 13.1 Å². The van der Waals surface area contributed by atoms with Crippen molar-refractivity contribution in [3.63, 3.8) is 0 Å². The van der Waals surface area contributed by atoms with Crippen LogP contribution in [0, 0.1) is 0 Å². The highest BCUT2D eigenvalue weighted by Gasteiger charge is 2.08. The summed E-state index contributed by atoms with van der Waals surface area (Å²) in [5.41, 5.74) is 0. The molecule has 7 heteroatoms. The fourth-order valence-corrected chi connectivity index (χ4v) is 1.33. The van der Waals surface area contributed by atoms with Crippen LogP contribution in [0.5, 0.6) is 6.01 Å². The Hall–Kier alpha value is -1.63. The van der Waals surface area contributed by atoms with Crippen LogP contribution >= 0.6 is 0 Å². The molecule has 1 aromatic rings. The zero-order valence-corrected chi connectivity index (χ0v) is 12.0. The Morgan fingerprint density at radius 3 is 2.26 bits per heavy atom. The number of aliphatic hydroxyl groups is 1. The second-order valence-electron chi connectivity index (χ2n) is 4.53. The summed E-state index contributed by atoms with van der Waals surface area (Å²) in [5.74, 6) is 0.926. The smallest absolute Gasteiger partial charge is 0.323 e. The van der Waals surface area contributed by atoms with Crippen LogP contribution in [0.15, 0.2) is 0 Å². The predicted molar refractivity (Wildman–Crippen MR) is 74.5 cm³/mol. The molecule has 19 heavy (non-hydrogen) atoms. The first-order chi connectivity index (χ1) is 9.01. The Balaban J connectivity index is 2.74. The van der Waals surface area contributed by atoms with Crippen molar-refractivity contribution in [1.82, 2.24) is 15.0 Å². The lowest BCUT2D eigenvalue weighted by Gasteiger charge is -2.12. The molecule has 0 bridgehead atoms. The van der Waals surface area contributed by atoms with Gasteiger partial charge < -0.3 is 20.5 Å². The second kappa shape index (κ2) is 7.73. The molecule has 108 valence electrons. The van der Waals surface area contributed by atoms with Gasteiger partial charge in [-0.25, -0.2) is 0 Å². The van der Waals surface area contributed by atoms with Gasteiger partial charge in [-0.05, 0) is 34.1 Å². The maximum absolute atomic E-state index is 9.21. The predicted octanol–water partition coefficient (Wildman–Crippen LogP) is 1.27. The summed E-state index contributed by atoms with van der Waals surface area (Å²) < 4.78 is 5.48. The highest BCUT2D eigenvalue weighted by molar-refractivity contribution is 5.35. The molecule has 0 aliphatic rings. The summed E-state index contributed by atoms with van der Waals surface area (Å²) in [4.78, 5) is 12.6. The van der Waals surface area contributed by atoms with Crippen molar-refractivity contribution < 1.29 is 9.84 Å². The van der Waals surface area contributed by atoms with Crippen molar-refractivity contribution in [2.75, 3.05) is 23.7 Å². The summed E-state index contributed by atoms with van der Waals surface area (Å²) in [5, 5.41) is 15.3. The number of hydrogen-bond donors (Lipinski definition) is 3. The third-order valence-electron chi connectivity index (χ3n) is 2.14. The minimum absolute atomic E-state index is 0.00203. The molecular formula is C12H23N5O2. The molecule has 0 amide bonds. The number of anilines is 2. The highest BCUT2D eigenvalue weighted by Crippen LogP contribution is 2.12. The van der Waals surface area contributed by atoms with Gasteiger partial charge in [-0.15, -0.1) is 0 Å². The van der Waals surface area contributed by atoms with Crippen molar-refractivity contribution in [2.24, 2.45) is 0 Å². The van der Waals surface area contributed by atoms with Crippen molar-refractivity contribution in [3.8, 4) is 6.01 Å². The van der Waals surface area contributed by atoms with E-state index in [0.29, 0.717) is 30.9 Å². The summed E-state index contributed by atoms with van der Waals surface area (Å²) in [6, 6.07) is 0.292. The third kappa shape index (κ3) is 6.19. The lowest BCUT2D eigenvalue weighted by atomic mass is 10.3.